The van der Waals surface area contributed by atoms with Crippen molar-refractivity contribution in [2.45, 2.75) is 33.4 Å². The molecule has 0 aliphatic rings. The third kappa shape index (κ3) is 4.02. The van der Waals surface area contributed by atoms with Crippen molar-refractivity contribution in [1.29, 1.82) is 0 Å². The Labute approximate surface area is 93.1 Å². The molecule has 0 saturated carbocycles. The molecule has 84 valence electrons. The van der Waals surface area contributed by atoms with Gasteiger partial charge in [0.15, 0.2) is 0 Å². The monoisotopic (exact) mass is 206 g/mol. The van der Waals surface area contributed by atoms with Gasteiger partial charge in [0.1, 0.15) is 0 Å². The molecule has 0 fully saturated rings. The molecule has 1 unspecified atom stereocenters. The van der Waals surface area contributed by atoms with E-state index in [4.69, 9.17) is 5.73 Å². The summed E-state index contributed by atoms with van der Waals surface area (Å²) < 4.78 is 0. The van der Waals surface area contributed by atoms with Crippen LogP contribution < -0.4 is 5.73 Å². The Morgan fingerprint density at radius 3 is 2.53 bits per heavy atom. The summed E-state index contributed by atoms with van der Waals surface area (Å²) in [5.74, 6) is 0. The topological polar surface area (TPSA) is 29.3 Å². The van der Waals surface area contributed by atoms with Crippen LogP contribution in [0.4, 0.5) is 0 Å². The molecule has 0 bridgehead atoms. The summed E-state index contributed by atoms with van der Waals surface area (Å²) in [4.78, 5) is 2.27. The van der Waals surface area contributed by atoms with Gasteiger partial charge in [0.05, 0.1) is 0 Å². The molecular formula is C13H22N2. The Kier molecular flexibility index (Phi) is 4.30. The summed E-state index contributed by atoms with van der Waals surface area (Å²) in [6.45, 7) is 8.25. The van der Waals surface area contributed by atoms with E-state index < -0.39 is 0 Å². The predicted molar refractivity (Wildman–Crippen MR) is 65.9 cm³/mol. The maximum absolute atomic E-state index is 5.77. The van der Waals surface area contributed by atoms with Crippen LogP contribution in [-0.4, -0.2) is 24.5 Å². The van der Waals surface area contributed by atoms with Crippen molar-refractivity contribution in [3.8, 4) is 0 Å². The summed E-state index contributed by atoms with van der Waals surface area (Å²) >= 11 is 0. The zero-order valence-electron chi connectivity index (χ0n) is 10.2. The van der Waals surface area contributed by atoms with E-state index in [1.165, 1.54) is 16.7 Å². The number of hydrogen-bond acceptors (Lipinski definition) is 2. The lowest BCUT2D eigenvalue weighted by Crippen LogP contribution is -2.32. The van der Waals surface area contributed by atoms with Crippen molar-refractivity contribution in [2.24, 2.45) is 5.73 Å². The molecule has 2 N–H and O–H groups in total. The highest BCUT2D eigenvalue weighted by atomic mass is 15.1. The van der Waals surface area contributed by atoms with Gasteiger partial charge in [0.2, 0.25) is 0 Å². The summed E-state index contributed by atoms with van der Waals surface area (Å²) in [6.07, 6.45) is 0. The molecule has 0 radical (unpaired) electrons. The highest BCUT2D eigenvalue weighted by Crippen LogP contribution is 2.12. The maximum Gasteiger partial charge on any atom is 0.0233 e. The number of aryl methyl sites for hydroxylation is 2. The second kappa shape index (κ2) is 5.29. The molecule has 1 aromatic carbocycles. The first-order valence-electron chi connectivity index (χ1n) is 5.49. The fraction of sp³-hybridized carbons (Fsp3) is 0.538. The van der Waals surface area contributed by atoms with Crippen LogP contribution in [0, 0.1) is 13.8 Å². The summed E-state index contributed by atoms with van der Waals surface area (Å²) in [7, 11) is 2.11. The molecule has 0 amide bonds. The minimum atomic E-state index is 0.237. The number of benzene rings is 1. The van der Waals surface area contributed by atoms with Crippen molar-refractivity contribution in [3.63, 3.8) is 0 Å². The molecule has 15 heavy (non-hydrogen) atoms. The van der Waals surface area contributed by atoms with Crippen molar-refractivity contribution in [3.05, 3.63) is 34.9 Å². The van der Waals surface area contributed by atoms with Crippen molar-refractivity contribution < 1.29 is 0 Å². The second-order valence-electron chi connectivity index (χ2n) is 4.60. The largest absolute Gasteiger partial charge is 0.327 e. The molecule has 2 heteroatoms. The van der Waals surface area contributed by atoms with Gasteiger partial charge < -0.3 is 10.6 Å². The van der Waals surface area contributed by atoms with Crippen LogP contribution in [0.15, 0.2) is 18.2 Å². The van der Waals surface area contributed by atoms with Gasteiger partial charge in [0, 0.05) is 19.1 Å². The second-order valence-corrected chi connectivity index (χ2v) is 4.60. The molecule has 0 aliphatic carbocycles. The zero-order chi connectivity index (χ0) is 11.4. The Balaban J connectivity index is 2.64. The summed E-state index contributed by atoms with van der Waals surface area (Å²) in [6, 6.07) is 6.85. The van der Waals surface area contributed by atoms with E-state index in [0.29, 0.717) is 0 Å². The molecule has 0 aliphatic heterocycles. The average molecular weight is 206 g/mol. The van der Waals surface area contributed by atoms with Crippen molar-refractivity contribution >= 4 is 0 Å². The molecule has 1 aromatic rings. The number of likely N-dealkylation sites (N-methyl/N-ethyl adjacent to an activating group) is 1. The lowest BCUT2D eigenvalue weighted by molar-refractivity contribution is 0.309. The van der Waals surface area contributed by atoms with Gasteiger partial charge in [-0.25, -0.2) is 0 Å². The van der Waals surface area contributed by atoms with Gasteiger partial charge in [-0.3, -0.25) is 0 Å². The number of rotatable bonds is 4. The molecule has 2 nitrogen and oxygen atoms in total. The number of nitrogens with two attached hydrogens (primary N) is 1. The van der Waals surface area contributed by atoms with E-state index in [1.54, 1.807) is 0 Å². The maximum atomic E-state index is 5.77. The standard InChI is InChI=1S/C13H22N2/c1-10-5-6-13(11(2)7-10)9-15(4)8-12(3)14/h5-7,12H,8-9,14H2,1-4H3. The Hall–Kier alpha value is -0.860. The lowest BCUT2D eigenvalue weighted by atomic mass is 10.1. The smallest absolute Gasteiger partial charge is 0.0233 e. The van der Waals surface area contributed by atoms with Gasteiger partial charge in [-0.15, -0.1) is 0 Å². The van der Waals surface area contributed by atoms with E-state index in [0.717, 1.165) is 13.1 Å². The highest BCUT2D eigenvalue weighted by molar-refractivity contribution is 5.30. The van der Waals surface area contributed by atoms with E-state index >= 15 is 0 Å². The zero-order valence-corrected chi connectivity index (χ0v) is 10.2. The van der Waals surface area contributed by atoms with Crippen LogP contribution in [0.5, 0.6) is 0 Å². The van der Waals surface area contributed by atoms with Crippen LogP contribution in [0.3, 0.4) is 0 Å². The van der Waals surface area contributed by atoms with Gasteiger partial charge in [0.25, 0.3) is 0 Å². The van der Waals surface area contributed by atoms with Gasteiger partial charge >= 0.3 is 0 Å². The highest BCUT2D eigenvalue weighted by Gasteiger charge is 2.05. The average Bonchev–Trinajstić information content (AvgIpc) is 2.08. The predicted octanol–water partition coefficient (Wildman–Crippen LogP) is 2.08. The van der Waals surface area contributed by atoms with E-state index in [1.807, 2.05) is 6.92 Å². The van der Waals surface area contributed by atoms with E-state index in [2.05, 4.69) is 44.0 Å². The Morgan fingerprint density at radius 2 is 2.00 bits per heavy atom. The van der Waals surface area contributed by atoms with Crippen LogP contribution in [0.2, 0.25) is 0 Å². The molecule has 0 saturated heterocycles. The quantitative estimate of drug-likeness (QED) is 0.817. The van der Waals surface area contributed by atoms with Crippen molar-refractivity contribution in [2.75, 3.05) is 13.6 Å². The number of hydrogen-bond donors (Lipinski definition) is 1. The van der Waals surface area contributed by atoms with Crippen LogP contribution >= 0.6 is 0 Å². The minimum Gasteiger partial charge on any atom is -0.327 e. The molecule has 0 heterocycles. The first kappa shape index (κ1) is 12.2. The molecular weight excluding hydrogens is 184 g/mol. The first-order chi connectivity index (χ1) is 6.99. The molecule has 1 rings (SSSR count). The molecule has 1 atom stereocenters. The fourth-order valence-corrected chi connectivity index (χ4v) is 1.87. The lowest BCUT2D eigenvalue weighted by Gasteiger charge is -2.20. The SMILES string of the molecule is Cc1ccc(CN(C)CC(C)N)c(C)c1. The Bertz CT molecular complexity index is 318. The third-order valence-electron chi connectivity index (χ3n) is 2.54. The van der Waals surface area contributed by atoms with Crippen LogP contribution in [0.1, 0.15) is 23.6 Å². The van der Waals surface area contributed by atoms with Crippen LogP contribution in [-0.2, 0) is 6.54 Å². The third-order valence-corrected chi connectivity index (χ3v) is 2.54. The van der Waals surface area contributed by atoms with Crippen molar-refractivity contribution in [1.82, 2.24) is 4.90 Å². The summed E-state index contributed by atoms with van der Waals surface area (Å²) in [5, 5.41) is 0. The Morgan fingerprint density at radius 1 is 1.33 bits per heavy atom. The van der Waals surface area contributed by atoms with Gasteiger partial charge in [-0.2, -0.15) is 0 Å². The number of nitrogens with zero attached hydrogens (tertiary/aromatic N) is 1. The van der Waals surface area contributed by atoms with Gasteiger partial charge in [-0.05, 0) is 38.9 Å². The van der Waals surface area contributed by atoms with Gasteiger partial charge in [-0.1, -0.05) is 23.8 Å². The fourth-order valence-electron chi connectivity index (χ4n) is 1.87. The van der Waals surface area contributed by atoms with Crippen LogP contribution in [0.25, 0.3) is 0 Å². The van der Waals surface area contributed by atoms with E-state index in [-0.39, 0.29) is 6.04 Å². The minimum absolute atomic E-state index is 0.237. The normalized spacial score (nSPS) is 13.2. The summed E-state index contributed by atoms with van der Waals surface area (Å²) in [5.41, 5.74) is 9.85. The molecule has 0 aromatic heterocycles. The first-order valence-corrected chi connectivity index (χ1v) is 5.49. The molecule has 0 spiro atoms. The van der Waals surface area contributed by atoms with E-state index in [9.17, 15) is 0 Å².